The highest BCUT2D eigenvalue weighted by Crippen LogP contribution is 2.23. The van der Waals surface area contributed by atoms with Crippen molar-refractivity contribution >= 4 is 45.2 Å². The van der Waals surface area contributed by atoms with Crippen LogP contribution in [-0.4, -0.2) is 39.6 Å². The molecule has 8 nitrogen and oxygen atoms in total. The van der Waals surface area contributed by atoms with Gasteiger partial charge in [-0.05, 0) is 48.8 Å². The maximum atomic E-state index is 13.2. The van der Waals surface area contributed by atoms with E-state index in [9.17, 15) is 14.4 Å². The minimum atomic E-state index is -0.963. The Kier molecular flexibility index (Phi) is 6.27. The van der Waals surface area contributed by atoms with E-state index in [0.29, 0.717) is 34.5 Å². The molecule has 0 fully saturated rings. The maximum Gasteiger partial charge on any atom is 0.329 e. The zero-order chi connectivity index (χ0) is 22.7. The smallest absolute Gasteiger partial charge is 0.329 e. The second kappa shape index (κ2) is 9.27. The number of aromatic amines is 1. The van der Waals surface area contributed by atoms with Crippen LogP contribution in [0.3, 0.4) is 0 Å². The Morgan fingerprint density at radius 1 is 1.22 bits per heavy atom. The summed E-state index contributed by atoms with van der Waals surface area (Å²) in [7, 11) is 1.58. The van der Waals surface area contributed by atoms with Gasteiger partial charge in [-0.1, -0.05) is 12.1 Å². The van der Waals surface area contributed by atoms with Crippen LogP contribution in [0.1, 0.15) is 12.5 Å². The van der Waals surface area contributed by atoms with Crippen LogP contribution in [0.5, 0.6) is 5.75 Å². The lowest BCUT2D eigenvalue weighted by molar-refractivity contribution is -0.119. The summed E-state index contributed by atoms with van der Waals surface area (Å²) < 4.78 is 6.22. The average molecular weight is 451 g/mol. The number of nitrogens with one attached hydrogen (secondary N) is 2. The Labute approximate surface area is 187 Å². The van der Waals surface area contributed by atoms with Gasteiger partial charge in [-0.3, -0.25) is 14.6 Å². The third-order valence-electron chi connectivity index (χ3n) is 5.21. The fourth-order valence-corrected chi connectivity index (χ4v) is 4.05. The highest BCUT2D eigenvalue weighted by molar-refractivity contribution is 7.98. The van der Waals surface area contributed by atoms with Gasteiger partial charge < -0.3 is 15.0 Å². The van der Waals surface area contributed by atoms with Crippen LogP contribution in [0.25, 0.3) is 21.8 Å². The van der Waals surface area contributed by atoms with Crippen molar-refractivity contribution in [2.45, 2.75) is 12.5 Å². The van der Waals surface area contributed by atoms with Gasteiger partial charge in [0.15, 0.2) is 0 Å². The number of ether oxygens (including phenoxy) is 1. The molecule has 0 saturated carbocycles. The van der Waals surface area contributed by atoms with Crippen LogP contribution >= 0.6 is 11.8 Å². The molecular weight excluding hydrogens is 428 g/mol. The number of H-pyrrole nitrogens is 1. The molecule has 2 heterocycles. The number of fused-ring (bicyclic) bond motifs is 2. The number of rotatable bonds is 7. The third kappa shape index (κ3) is 4.24. The molecule has 1 atom stereocenters. The van der Waals surface area contributed by atoms with E-state index in [-0.39, 0.29) is 0 Å². The molecule has 0 unspecified atom stereocenters. The Morgan fingerprint density at radius 3 is 2.81 bits per heavy atom. The van der Waals surface area contributed by atoms with Gasteiger partial charge in [0, 0.05) is 11.5 Å². The lowest BCUT2D eigenvalue weighted by Gasteiger charge is -2.19. The molecule has 4 aromatic rings. The van der Waals surface area contributed by atoms with Crippen molar-refractivity contribution in [1.29, 1.82) is 0 Å². The molecule has 1 amide bonds. The van der Waals surface area contributed by atoms with Gasteiger partial charge in [0.2, 0.25) is 5.91 Å². The number of anilines is 1. The minimum Gasteiger partial charge on any atom is -0.497 e. The molecule has 0 bridgehead atoms. The van der Waals surface area contributed by atoms with Crippen molar-refractivity contribution < 1.29 is 9.53 Å². The number of thioether (sulfide) groups is 1. The van der Waals surface area contributed by atoms with Crippen molar-refractivity contribution in [2.24, 2.45) is 0 Å². The molecular formula is C23H22N4O4S. The van der Waals surface area contributed by atoms with Gasteiger partial charge >= 0.3 is 5.69 Å². The topological polar surface area (TPSA) is 106 Å². The first-order chi connectivity index (χ1) is 15.5. The van der Waals surface area contributed by atoms with E-state index < -0.39 is 23.2 Å². The molecule has 0 radical (unpaired) electrons. The van der Waals surface area contributed by atoms with Gasteiger partial charge in [-0.15, -0.1) is 0 Å². The molecule has 4 rings (SSSR count). The number of hydrogen-bond acceptors (Lipinski definition) is 6. The van der Waals surface area contributed by atoms with Crippen LogP contribution in [0, 0.1) is 0 Å². The number of para-hydroxylation sites is 1. The van der Waals surface area contributed by atoms with E-state index in [4.69, 9.17) is 4.74 Å². The number of hydrogen-bond donors (Lipinski definition) is 2. The highest BCUT2D eigenvalue weighted by Gasteiger charge is 2.25. The summed E-state index contributed by atoms with van der Waals surface area (Å²) in [5, 5.41) is 4.00. The lowest BCUT2D eigenvalue weighted by atomic mass is 10.1. The van der Waals surface area contributed by atoms with Crippen LogP contribution in [0.4, 0.5) is 5.69 Å². The summed E-state index contributed by atoms with van der Waals surface area (Å²) in [5.41, 5.74) is 0.542. The molecule has 0 aliphatic heterocycles. The monoisotopic (exact) mass is 450 g/mol. The molecule has 9 heteroatoms. The van der Waals surface area contributed by atoms with E-state index in [0.717, 1.165) is 15.5 Å². The van der Waals surface area contributed by atoms with E-state index >= 15 is 0 Å². The number of nitrogens with zero attached hydrogens (tertiary/aromatic N) is 2. The molecule has 0 saturated heterocycles. The largest absolute Gasteiger partial charge is 0.497 e. The first kappa shape index (κ1) is 21.6. The van der Waals surface area contributed by atoms with Gasteiger partial charge in [0.05, 0.1) is 35.4 Å². The number of carbonyl (C=O) groups excluding carboxylic acids is 1. The van der Waals surface area contributed by atoms with Crippen molar-refractivity contribution in [3.63, 3.8) is 0 Å². The van der Waals surface area contributed by atoms with Gasteiger partial charge in [-0.25, -0.2) is 9.36 Å². The highest BCUT2D eigenvalue weighted by atomic mass is 32.2. The number of pyridine rings is 1. The molecule has 2 N–H and O–H groups in total. The summed E-state index contributed by atoms with van der Waals surface area (Å²) in [4.78, 5) is 46.1. The molecule has 2 aromatic heterocycles. The Morgan fingerprint density at radius 2 is 2.03 bits per heavy atom. The number of aromatic nitrogens is 3. The van der Waals surface area contributed by atoms with Gasteiger partial charge in [0.1, 0.15) is 11.8 Å². The Balaban J connectivity index is 1.70. The molecule has 32 heavy (non-hydrogen) atoms. The van der Waals surface area contributed by atoms with E-state index in [2.05, 4.69) is 15.3 Å². The van der Waals surface area contributed by atoms with Crippen molar-refractivity contribution in [3.05, 3.63) is 75.6 Å². The van der Waals surface area contributed by atoms with E-state index in [1.165, 1.54) is 11.8 Å². The van der Waals surface area contributed by atoms with Crippen LogP contribution in [-0.2, 0) is 4.79 Å². The average Bonchev–Trinajstić information content (AvgIpc) is 2.80. The molecule has 0 aliphatic carbocycles. The summed E-state index contributed by atoms with van der Waals surface area (Å²) in [6.07, 6.45) is 3.77. The zero-order valence-electron chi connectivity index (χ0n) is 17.6. The zero-order valence-corrected chi connectivity index (χ0v) is 18.4. The lowest BCUT2D eigenvalue weighted by Crippen LogP contribution is -2.43. The first-order valence-corrected chi connectivity index (χ1v) is 11.4. The summed E-state index contributed by atoms with van der Waals surface area (Å²) in [6, 6.07) is 13.0. The van der Waals surface area contributed by atoms with Gasteiger partial charge in [0.25, 0.3) is 5.56 Å². The summed E-state index contributed by atoms with van der Waals surface area (Å²) in [6.45, 7) is 0. The van der Waals surface area contributed by atoms with E-state index in [1.54, 1.807) is 49.7 Å². The fraction of sp³-hybridized carbons (Fsp3) is 0.217. The summed E-state index contributed by atoms with van der Waals surface area (Å²) in [5.74, 6) is 0.845. The number of carbonyl (C=O) groups is 1. The predicted molar refractivity (Wildman–Crippen MR) is 128 cm³/mol. The fourth-order valence-electron chi connectivity index (χ4n) is 3.59. The van der Waals surface area contributed by atoms with Crippen LogP contribution in [0.15, 0.2) is 64.3 Å². The number of methoxy groups -OCH3 is 1. The van der Waals surface area contributed by atoms with Crippen molar-refractivity contribution in [3.8, 4) is 5.75 Å². The normalized spacial score (nSPS) is 12.1. The second-order valence-corrected chi connectivity index (χ2v) is 8.21. The van der Waals surface area contributed by atoms with Gasteiger partial charge in [-0.2, -0.15) is 11.8 Å². The van der Waals surface area contributed by atoms with E-state index in [1.807, 2.05) is 18.4 Å². The quantitative estimate of drug-likeness (QED) is 0.448. The van der Waals surface area contributed by atoms with Crippen molar-refractivity contribution in [2.75, 3.05) is 24.4 Å². The predicted octanol–water partition coefficient (Wildman–Crippen LogP) is 3.18. The van der Waals surface area contributed by atoms with Crippen LogP contribution in [0.2, 0.25) is 0 Å². The third-order valence-corrected chi connectivity index (χ3v) is 5.85. The maximum absolute atomic E-state index is 13.2. The Hall–Kier alpha value is -3.59. The molecule has 164 valence electrons. The standard InChI is InChI=1S/C23H22N4O4S/c1-31-16-8-7-14-11-15(13-24-19(14)12-16)25-21(28)20(9-10-32-2)27-22(29)17-5-3-4-6-18(17)26-23(27)30/h3-8,11-13,20H,9-10H2,1-2H3,(H,25,28)(H,26,30)/t20-/m0/s1. The summed E-state index contributed by atoms with van der Waals surface area (Å²) >= 11 is 1.54. The second-order valence-electron chi connectivity index (χ2n) is 7.22. The van der Waals surface area contributed by atoms with Crippen LogP contribution < -0.4 is 21.3 Å². The molecule has 2 aromatic carbocycles. The molecule has 0 spiro atoms. The first-order valence-electron chi connectivity index (χ1n) is 9.99. The minimum absolute atomic E-state index is 0.326. The SMILES string of the molecule is COc1ccc2cc(NC(=O)[C@H](CCSC)n3c(=O)[nH]c4ccccc4c3=O)cnc2c1. The Bertz CT molecular complexity index is 1410. The number of amides is 1. The van der Waals surface area contributed by atoms with Crippen molar-refractivity contribution in [1.82, 2.24) is 14.5 Å². The molecule has 0 aliphatic rings. The number of benzene rings is 2.